The summed E-state index contributed by atoms with van der Waals surface area (Å²) in [6.45, 7) is 4.52. The van der Waals surface area contributed by atoms with Crippen LogP contribution in [-0.4, -0.2) is 55.4 Å². The highest BCUT2D eigenvalue weighted by Gasteiger charge is 2.36. The van der Waals surface area contributed by atoms with Crippen LogP contribution in [0.1, 0.15) is 43.4 Å². The molecule has 0 saturated carbocycles. The fourth-order valence-corrected chi connectivity index (χ4v) is 4.67. The second-order valence-electron chi connectivity index (χ2n) is 8.55. The van der Waals surface area contributed by atoms with Crippen LogP contribution in [0, 0.1) is 5.92 Å². The number of methoxy groups -OCH3 is 2. The molecule has 32 heavy (non-hydrogen) atoms. The average molecular weight is 456 g/mol. The molecule has 4 rings (SSSR count). The number of rotatable bonds is 6. The zero-order valence-electron chi connectivity index (χ0n) is 18.9. The Labute approximate surface area is 194 Å². The number of hydrazone groups is 1. The molecule has 1 unspecified atom stereocenters. The monoisotopic (exact) mass is 455 g/mol. The largest absolute Gasteiger partial charge is 0.497 e. The molecule has 6 nitrogen and oxygen atoms in total. The third-order valence-electron chi connectivity index (χ3n) is 6.38. The number of halogens is 1. The van der Waals surface area contributed by atoms with Crippen molar-refractivity contribution in [2.75, 3.05) is 33.9 Å². The van der Waals surface area contributed by atoms with Crippen molar-refractivity contribution < 1.29 is 14.3 Å². The van der Waals surface area contributed by atoms with E-state index in [-0.39, 0.29) is 11.9 Å². The first-order valence-corrected chi connectivity index (χ1v) is 11.5. The lowest BCUT2D eigenvalue weighted by atomic mass is 9.97. The minimum Gasteiger partial charge on any atom is -0.497 e. The van der Waals surface area contributed by atoms with Crippen molar-refractivity contribution in [3.05, 3.63) is 58.6 Å². The molecular weight excluding hydrogens is 426 g/mol. The fourth-order valence-electron chi connectivity index (χ4n) is 4.41. The van der Waals surface area contributed by atoms with Gasteiger partial charge in [-0.25, -0.2) is 5.01 Å². The number of carbonyl (C=O) groups is 1. The SMILES string of the molecule is COc1ccc(C2=NN(C(=O)CN3CCC(C)CC3)C(c3ccccc3Cl)C2)c(OC)c1. The molecule has 0 N–H and O–H groups in total. The van der Waals surface area contributed by atoms with E-state index in [2.05, 4.69) is 11.8 Å². The van der Waals surface area contributed by atoms with Gasteiger partial charge in [-0.15, -0.1) is 0 Å². The first-order valence-electron chi connectivity index (χ1n) is 11.1. The maximum absolute atomic E-state index is 13.4. The Kier molecular flexibility index (Phi) is 7.01. The van der Waals surface area contributed by atoms with Gasteiger partial charge in [0.2, 0.25) is 0 Å². The first kappa shape index (κ1) is 22.6. The topological polar surface area (TPSA) is 54.4 Å². The second-order valence-corrected chi connectivity index (χ2v) is 8.96. The Hall–Kier alpha value is -2.57. The van der Waals surface area contributed by atoms with Crippen molar-refractivity contribution in [3.63, 3.8) is 0 Å². The molecule has 0 bridgehead atoms. The molecule has 1 atom stereocenters. The molecule has 1 amide bonds. The quantitative estimate of drug-likeness (QED) is 0.629. The number of hydrogen-bond acceptors (Lipinski definition) is 5. The number of likely N-dealkylation sites (tertiary alicyclic amines) is 1. The number of amides is 1. The summed E-state index contributed by atoms with van der Waals surface area (Å²) in [5.74, 6) is 2.09. The minimum absolute atomic E-state index is 0.00745. The Balaban J connectivity index is 1.64. The van der Waals surface area contributed by atoms with E-state index >= 15 is 0 Å². The van der Waals surface area contributed by atoms with Crippen molar-refractivity contribution in [1.29, 1.82) is 0 Å². The average Bonchev–Trinajstić information content (AvgIpc) is 3.25. The summed E-state index contributed by atoms with van der Waals surface area (Å²) in [5, 5.41) is 7.06. The van der Waals surface area contributed by atoms with E-state index in [4.69, 9.17) is 26.2 Å². The predicted molar refractivity (Wildman–Crippen MR) is 127 cm³/mol. The third-order valence-corrected chi connectivity index (χ3v) is 6.73. The van der Waals surface area contributed by atoms with Crippen molar-refractivity contribution in [3.8, 4) is 11.5 Å². The van der Waals surface area contributed by atoms with Gasteiger partial charge in [-0.3, -0.25) is 9.69 Å². The summed E-state index contributed by atoms with van der Waals surface area (Å²) in [5.41, 5.74) is 2.56. The zero-order chi connectivity index (χ0) is 22.7. The van der Waals surface area contributed by atoms with E-state index in [0.29, 0.717) is 29.5 Å². The summed E-state index contributed by atoms with van der Waals surface area (Å²) >= 11 is 6.53. The minimum atomic E-state index is -0.248. The first-order chi connectivity index (χ1) is 15.5. The predicted octanol–water partition coefficient (Wildman–Crippen LogP) is 4.77. The molecule has 0 aliphatic carbocycles. The molecule has 7 heteroatoms. The van der Waals surface area contributed by atoms with E-state index in [1.165, 1.54) is 0 Å². The highest BCUT2D eigenvalue weighted by atomic mass is 35.5. The van der Waals surface area contributed by atoms with Gasteiger partial charge in [-0.1, -0.05) is 36.7 Å². The van der Waals surface area contributed by atoms with Gasteiger partial charge in [-0.2, -0.15) is 5.10 Å². The molecule has 2 heterocycles. The molecule has 0 spiro atoms. The van der Waals surface area contributed by atoms with Gasteiger partial charge in [0.15, 0.2) is 0 Å². The van der Waals surface area contributed by atoms with Crippen LogP contribution in [-0.2, 0) is 4.79 Å². The van der Waals surface area contributed by atoms with Gasteiger partial charge in [0, 0.05) is 23.1 Å². The highest BCUT2D eigenvalue weighted by molar-refractivity contribution is 6.31. The lowest BCUT2D eigenvalue weighted by molar-refractivity contribution is -0.134. The lowest BCUT2D eigenvalue weighted by Gasteiger charge is -2.31. The standard InChI is InChI=1S/C25H30ClN3O3/c1-17-10-12-28(13-11-17)16-25(30)29-23(19-6-4-5-7-21(19)26)15-22(27-29)20-9-8-18(31-2)14-24(20)32-3/h4-9,14,17,23H,10-13,15-16H2,1-3H3. The van der Waals surface area contributed by atoms with Crippen LogP contribution in [0.15, 0.2) is 47.6 Å². The number of benzene rings is 2. The number of piperidine rings is 1. The van der Waals surface area contributed by atoms with Crippen molar-refractivity contribution >= 4 is 23.2 Å². The molecule has 2 aromatic carbocycles. The maximum Gasteiger partial charge on any atom is 0.257 e. The van der Waals surface area contributed by atoms with Crippen LogP contribution in [0.25, 0.3) is 0 Å². The van der Waals surface area contributed by atoms with E-state index in [1.807, 2.05) is 42.5 Å². The van der Waals surface area contributed by atoms with Gasteiger partial charge in [-0.05, 0) is 55.6 Å². The summed E-state index contributed by atoms with van der Waals surface area (Å²) in [6, 6.07) is 13.1. The Bertz CT molecular complexity index is 1000. The molecule has 170 valence electrons. The number of nitrogens with zero attached hydrogens (tertiary/aromatic N) is 3. The lowest BCUT2D eigenvalue weighted by Crippen LogP contribution is -2.41. The maximum atomic E-state index is 13.4. The molecule has 0 radical (unpaired) electrons. The Morgan fingerprint density at radius 3 is 2.56 bits per heavy atom. The van der Waals surface area contributed by atoms with Crippen molar-refractivity contribution in [2.24, 2.45) is 11.0 Å². The second kappa shape index (κ2) is 9.92. The van der Waals surface area contributed by atoms with Gasteiger partial charge >= 0.3 is 0 Å². The summed E-state index contributed by atoms with van der Waals surface area (Å²) in [4.78, 5) is 15.6. The van der Waals surface area contributed by atoms with Gasteiger partial charge in [0.1, 0.15) is 11.5 Å². The van der Waals surface area contributed by atoms with Crippen LogP contribution in [0.2, 0.25) is 5.02 Å². The normalized spacial score (nSPS) is 19.7. The Morgan fingerprint density at radius 1 is 1.12 bits per heavy atom. The third kappa shape index (κ3) is 4.76. The van der Waals surface area contributed by atoms with Gasteiger partial charge in [0.25, 0.3) is 5.91 Å². The number of hydrogen-bond donors (Lipinski definition) is 0. The van der Waals surface area contributed by atoms with Crippen LogP contribution >= 0.6 is 11.6 Å². The Morgan fingerprint density at radius 2 is 1.88 bits per heavy atom. The van der Waals surface area contributed by atoms with Crippen LogP contribution < -0.4 is 9.47 Å². The van der Waals surface area contributed by atoms with Crippen LogP contribution in [0.3, 0.4) is 0 Å². The van der Waals surface area contributed by atoms with E-state index < -0.39 is 0 Å². The molecule has 1 saturated heterocycles. The summed E-state index contributed by atoms with van der Waals surface area (Å²) in [6.07, 6.45) is 2.81. The highest BCUT2D eigenvalue weighted by Crippen LogP contribution is 2.38. The van der Waals surface area contributed by atoms with E-state index in [1.54, 1.807) is 19.2 Å². The van der Waals surface area contributed by atoms with Gasteiger partial charge in [0.05, 0.1) is 32.5 Å². The number of ether oxygens (including phenoxy) is 2. The smallest absolute Gasteiger partial charge is 0.257 e. The van der Waals surface area contributed by atoms with Gasteiger partial charge < -0.3 is 9.47 Å². The molecule has 2 aromatic rings. The van der Waals surface area contributed by atoms with Crippen molar-refractivity contribution in [2.45, 2.75) is 32.2 Å². The molecule has 0 aromatic heterocycles. The van der Waals surface area contributed by atoms with Crippen molar-refractivity contribution in [1.82, 2.24) is 9.91 Å². The molecule has 1 fully saturated rings. The fraction of sp³-hybridized carbons (Fsp3) is 0.440. The summed E-state index contributed by atoms with van der Waals surface area (Å²) in [7, 11) is 3.25. The molecular formula is C25H30ClN3O3. The zero-order valence-corrected chi connectivity index (χ0v) is 19.6. The molecule has 2 aliphatic rings. The van der Waals surface area contributed by atoms with Crippen LogP contribution in [0.5, 0.6) is 11.5 Å². The van der Waals surface area contributed by atoms with E-state index in [9.17, 15) is 4.79 Å². The summed E-state index contributed by atoms with van der Waals surface area (Å²) < 4.78 is 10.9. The van der Waals surface area contributed by atoms with E-state index in [0.717, 1.165) is 48.7 Å². The molecule has 2 aliphatic heterocycles. The van der Waals surface area contributed by atoms with Crippen LogP contribution in [0.4, 0.5) is 0 Å². The number of carbonyl (C=O) groups excluding carboxylic acids is 1.